The third-order valence-electron chi connectivity index (χ3n) is 2.25. The maximum atomic E-state index is 5.80. The average Bonchev–Trinajstić information content (AvgIpc) is 2.65. The van der Waals surface area contributed by atoms with E-state index in [0.717, 1.165) is 17.9 Å². The molecule has 0 saturated heterocycles. The molecule has 3 nitrogen and oxygen atoms in total. The Balaban J connectivity index is 2.22. The number of halogens is 1. The first-order chi connectivity index (χ1) is 7.29. The lowest BCUT2D eigenvalue weighted by atomic mass is 10.2. The van der Waals surface area contributed by atoms with E-state index in [2.05, 4.69) is 16.0 Å². The van der Waals surface area contributed by atoms with Gasteiger partial charge in [-0.1, -0.05) is 0 Å². The molecule has 0 radical (unpaired) electrons. The van der Waals surface area contributed by atoms with Crippen LogP contribution in [0.4, 0.5) is 0 Å². The normalized spacial score (nSPS) is 10.5. The maximum Gasteiger partial charge on any atom is 0.0951 e. The summed E-state index contributed by atoms with van der Waals surface area (Å²) in [4.78, 5) is 8.24. The zero-order valence-corrected chi connectivity index (χ0v) is 9.28. The molecule has 0 aromatic carbocycles. The van der Waals surface area contributed by atoms with E-state index in [1.165, 1.54) is 5.56 Å². The zero-order valence-electron chi connectivity index (χ0n) is 8.52. The highest BCUT2D eigenvalue weighted by atomic mass is 35.5. The van der Waals surface area contributed by atoms with Crippen molar-refractivity contribution in [1.29, 1.82) is 0 Å². The molecule has 0 fully saturated rings. The molecule has 78 valence electrons. The quantitative estimate of drug-likeness (QED) is 0.746. The van der Waals surface area contributed by atoms with Gasteiger partial charge in [-0.15, -0.1) is 11.6 Å². The monoisotopic (exact) mass is 221 g/mol. The Morgan fingerprint density at radius 3 is 3.07 bits per heavy atom. The van der Waals surface area contributed by atoms with Gasteiger partial charge in [0.1, 0.15) is 0 Å². The van der Waals surface area contributed by atoms with Gasteiger partial charge in [-0.05, 0) is 24.6 Å². The Labute approximate surface area is 93.7 Å². The van der Waals surface area contributed by atoms with Gasteiger partial charge in [0.2, 0.25) is 0 Å². The number of hydrogen-bond donors (Lipinski definition) is 0. The maximum absolute atomic E-state index is 5.80. The predicted octanol–water partition coefficient (Wildman–Crippen LogP) is 2.37. The molecule has 0 amide bonds. The zero-order chi connectivity index (χ0) is 10.7. The van der Waals surface area contributed by atoms with E-state index >= 15 is 0 Å². The third kappa shape index (κ3) is 2.36. The summed E-state index contributed by atoms with van der Waals surface area (Å²) in [5.74, 6) is 0.490. The number of rotatable bonds is 3. The fourth-order valence-corrected chi connectivity index (χ4v) is 1.72. The van der Waals surface area contributed by atoms with Crippen LogP contribution in [0, 0.1) is 6.92 Å². The molecule has 0 aliphatic rings. The fraction of sp³-hybridized carbons (Fsp3) is 0.273. The van der Waals surface area contributed by atoms with Gasteiger partial charge in [0.05, 0.1) is 17.9 Å². The second kappa shape index (κ2) is 4.45. The minimum atomic E-state index is 0.490. The van der Waals surface area contributed by atoms with Gasteiger partial charge >= 0.3 is 0 Å². The van der Waals surface area contributed by atoms with E-state index in [4.69, 9.17) is 11.6 Å². The van der Waals surface area contributed by atoms with Crippen molar-refractivity contribution in [1.82, 2.24) is 14.5 Å². The van der Waals surface area contributed by atoms with Crippen LogP contribution in [-0.2, 0) is 12.4 Å². The van der Waals surface area contributed by atoms with E-state index in [-0.39, 0.29) is 0 Å². The van der Waals surface area contributed by atoms with Crippen LogP contribution in [0.5, 0.6) is 0 Å². The SMILES string of the molecule is Cc1cc(Cn2cncc2CCl)ccn1. The summed E-state index contributed by atoms with van der Waals surface area (Å²) < 4.78 is 2.04. The number of nitrogens with zero attached hydrogens (tertiary/aromatic N) is 3. The molecule has 4 heteroatoms. The molecular weight excluding hydrogens is 210 g/mol. The molecule has 0 aliphatic heterocycles. The first-order valence-corrected chi connectivity index (χ1v) is 5.29. The Hall–Kier alpha value is -1.35. The van der Waals surface area contributed by atoms with Crippen molar-refractivity contribution in [2.75, 3.05) is 0 Å². The van der Waals surface area contributed by atoms with Crippen molar-refractivity contribution in [3.8, 4) is 0 Å². The standard InChI is InChI=1S/C11H12ClN3/c1-9-4-10(2-3-14-9)7-15-8-13-6-11(15)5-12/h2-4,6,8H,5,7H2,1H3. The van der Waals surface area contributed by atoms with Crippen molar-refractivity contribution in [2.45, 2.75) is 19.3 Å². The van der Waals surface area contributed by atoms with Crippen molar-refractivity contribution >= 4 is 11.6 Å². The molecule has 0 N–H and O–H groups in total. The summed E-state index contributed by atoms with van der Waals surface area (Å²) in [6.45, 7) is 2.78. The van der Waals surface area contributed by atoms with Crippen LogP contribution in [0.2, 0.25) is 0 Å². The second-order valence-electron chi connectivity index (χ2n) is 3.45. The molecule has 0 bridgehead atoms. The highest BCUT2D eigenvalue weighted by molar-refractivity contribution is 6.16. The van der Waals surface area contributed by atoms with Crippen molar-refractivity contribution in [2.24, 2.45) is 0 Å². The lowest BCUT2D eigenvalue weighted by molar-refractivity contribution is 0.762. The van der Waals surface area contributed by atoms with E-state index < -0.39 is 0 Å². The van der Waals surface area contributed by atoms with Gasteiger partial charge in [0.15, 0.2) is 0 Å². The van der Waals surface area contributed by atoms with Crippen LogP contribution in [0.15, 0.2) is 30.9 Å². The van der Waals surface area contributed by atoms with Crippen LogP contribution in [0.1, 0.15) is 17.0 Å². The molecule has 2 aromatic rings. The molecule has 0 unspecified atom stereocenters. The van der Waals surface area contributed by atoms with Gasteiger partial charge in [-0.2, -0.15) is 0 Å². The van der Waals surface area contributed by atoms with Gasteiger partial charge < -0.3 is 4.57 Å². The first-order valence-electron chi connectivity index (χ1n) is 4.76. The van der Waals surface area contributed by atoms with Crippen LogP contribution >= 0.6 is 11.6 Å². The fourth-order valence-electron chi connectivity index (χ4n) is 1.50. The Morgan fingerprint density at radius 2 is 2.33 bits per heavy atom. The first kappa shape index (κ1) is 10.2. The third-order valence-corrected chi connectivity index (χ3v) is 2.52. The number of aryl methyl sites for hydroxylation is 1. The molecule has 0 saturated carbocycles. The predicted molar refractivity (Wildman–Crippen MR) is 59.9 cm³/mol. The lowest BCUT2D eigenvalue weighted by Crippen LogP contribution is -2.02. The summed E-state index contributed by atoms with van der Waals surface area (Å²) in [5.41, 5.74) is 3.28. The topological polar surface area (TPSA) is 30.7 Å². The van der Waals surface area contributed by atoms with Crippen LogP contribution < -0.4 is 0 Å². The highest BCUT2D eigenvalue weighted by Gasteiger charge is 2.01. The summed E-state index contributed by atoms with van der Waals surface area (Å²) in [7, 11) is 0. The smallest absolute Gasteiger partial charge is 0.0951 e. The summed E-state index contributed by atoms with van der Waals surface area (Å²) in [6, 6.07) is 4.07. The van der Waals surface area contributed by atoms with E-state index in [9.17, 15) is 0 Å². The molecular formula is C11H12ClN3. The van der Waals surface area contributed by atoms with Crippen molar-refractivity contribution in [3.05, 3.63) is 47.8 Å². The molecule has 0 atom stereocenters. The summed E-state index contributed by atoms with van der Waals surface area (Å²) in [5, 5.41) is 0. The number of hydrogen-bond acceptors (Lipinski definition) is 2. The Morgan fingerprint density at radius 1 is 1.47 bits per heavy atom. The van der Waals surface area contributed by atoms with E-state index in [1.807, 2.05) is 23.8 Å². The molecule has 2 aromatic heterocycles. The molecule has 0 aliphatic carbocycles. The number of alkyl halides is 1. The van der Waals surface area contributed by atoms with E-state index in [0.29, 0.717) is 5.88 Å². The van der Waals surface area contributed by atoms with E-state index in [1.54, 1.807) is 12.5 Å². The molecule has 2 heterocycles. The van der Waals surface area contributed by atoms with Crippen LogP contribution in [0.3, 0.4) is 0 Å². The minimum Gasteiger partial charge on any atom is -0.329 e. The van der Waals surface area contributed by atoms with Crippen LogP contribution in [-0.4, -0.2) is 14.5 Å². The Kier molecular flexibility index (Phi) is 3.02. The average molecular weight is 222 g/mol. The van der Waals surface area contributed by atoms with Crippen LogP contribution in [0.25, 0.3) is 0 Å². The number of imidazole rings is 1. The van der Waals surface area contributed by atoms with Gasteiger partial charge in [-0.3, -0.25) is 4.98 Å². The van der Waals surface area contributed by atoms with Gasteiger partial charge in [0.25, 0.3) is 0 Å². The van der Waals surface area contributed by atoms with Crippen molar-refractivity contribution < 1.29 is 0 Å². The summed E-state index contributed by atoms with van der Waals surface area (Å²) >= 11 is 5.80. The summed E-state index contributed by atoms with van der Waals surface area (Å²) in [6.07, 6.45) is 5.41. The highest BCUT2D eigenvalue weighted by Crippen LogP contribution is 2.08. The molecule has 2 rings (SSSR count). The van der Waals surface area contributed by atoms with Gasteiger partial charge in [-0.25, -0.2) is 4.98 Å². The van der Waals surface area contributed by atoms with Crippen molar-refractivity contribution in [3.63, 3.8) is 0 Å². The Bertz CT molecular complexity index is 451. The molecule has 0 spiro atoms. The minimum absolute atomic E-state index is 0.490. The van der Waals surface area contributed by atoms with Gasteiger partial charge in [0, 0.05) is 24.6 Å². The molecule has 15 heavy (non-hydrogen) atoms. The second-order valence-corrected chi connectivity index (χ2v) is 3.72. The number of pyridine rings is 1. The largest absolute Gasteiger partial charge is 0.329 e. The number of aromatic nitrogens is 3. The lowest BCUT2D eigenvalue weighted by Gasteiger charge is -2.06.